The van der Waals surface area contributed by atoms with E-state index < -0.39 is 23.5 Å². The van der Waals surface area contributed by atoms with Crippen molar-refractivity contribution < 1.29 is 13.2 Å². The van der Waals surface area contributed by atoms with Crippen molar-refractivity contribution in [1.82, 2.24) is 0 Å². The first-order valence-corrected chi connectivity index (χ1v) is 5.93. The van der Waals surface area contributed by atoms with Gasteiger partial charge in [0.15, 0.2) is 11.6 Å². The van der Waals surface area contributed by atoms with Crippen LogP contribution < -0.4 is 5.73 Å². The summed E-state index contributed by atoms with van der Waals surface area (Å²) in [6, 6.07) is 7.87. The summed E-state index contributed by atoms with van der Waals surface area (Å²) in [5.74, 6) is -2.27. The van der Waals surface area contributed by atoms with Crippen molar-refractivity contribution in [3.63, 3.8) is 0 Å². The van der Waals surface area contributed by atoms with E-state index in [4.69, 9.17) is 5.73 Å². The van der Waals surface area contributed by atoms with Gasteiger partial charge in [0, 0.05) is 11.6 Å². The predicted octanol–water partition coefficient (Wildman–Crippen LogP) is 3.65. The largest absolute Gasteiger partial charge is 0.324 e. The molecule has 2 rings (SSSR count). The number of aryl methyl sites for hydroxylation is 1. The molecule has 1 atom stereocenters. The molecule has 0 saturated carbocycles. The Morgan fingerprint density at radius 3 is 2.47 bits per heavy atom. The molecular formula is C15H14F3N. The van der Waals surface area contributed by atoms with E-state index in [1.165, 1.54) is 18.2 Å². The maximum atomic E-state index is 13.7. The van der Waals surface area contributed by atoms with Crippen molar-refractivity contribution in [2.24, 2.45) is 5.73 Å². The first-order chi connectivity index (χ1) is 8.99. The van der Waals surface area contributed by atoms with Gasteiger partial charge in [-0.1, -0.05) is 24.3 Å². The van der Waals surface area contributed by atoms with Crippen LogP contribution in [0.4, 0.5) is 13.2 Å². The Labute approximate surface area is 109 Å². The topological polar surface area (TPSA) is 26.0 Å². The molecule has 0 aliphatic heterocycles. The van der Waals surface area contributed by atoms with Crippen molar-refractivity contribution in [2.45, 2.75) is 19.4 Å². The Morgan fingerprint density at radius 2 is 1.79 bits per heavy atom. The van der Waals surface area contributed by atoms with Gasteiger partial charge < -0.3 is 5.73 Å². The average molecular weight is 265 g/mol. The molecule has 0 aromatic heterocycles. The monoisotopic (exact) mass is 265 g/mol. The molecule has 0 fully saturated rings. The van der Waals surface area contributed by atoms with Crippen LogP contribution in [0.1, 0.15) is 22.7 Å². The summed E-state index contributed by atoms with van der Waals surface area (Å²) in [4.78, 5) is 0. The lowest BCUT2D eigenvalue weighted by Gasteiger charge is -2.14. The number of rotatable bonds is 3. The Hall–Kier alpha value is -1.81. The lowest BCUT2D eigenvalue weighted by atomic mass is 9.98. The Bertz CT molecular complexity index is 596. The van der Waals surface area contributed by atoms with Crippen LogP contribution in [0.3, 0.4) is 0 Å². The van der Waals surface area contributed by atoms with Crippen molar-refractivity contribution in [3.8, 4) is 0 Å². The third-order valence-electron chi connectivity index (χ3n) is 3.03. The Kier molecular flexibility index (Phi) is 3.90. The molecular weight excluding hydrogens is 251 g/mol. The molecule has 0 bridgehead atoms. The van der Waals surface area contributed by atoms with E-state index in [0.29, 0.717) is 5.56 Å². The van der Waals surface area contributed by atoms with E-state index in [0.717, 1.165) is 11.6 Å². The number of halogens is 3. The van der Waals surface area contributed by atoms with Crippen LogP contribution >= 0.6 is 0 Å². The standard InChI is InChI=1S/C15H14F3N/c1-9-5-6-11(13(17)7-9)14(19)8-10-3-2-4-12(16)15(10)18/h2-7,14H,8,19H2,1H3. The summed E-state index contributed by atoms with van der Waals surface area (Å²) >= 11 is 0. The number of nitrogens with two attached hydrogens (primary N) is 1. The van der Waals surface area contributed by atoms with Crippen LogP contribution in [0.2, 0.25) is 0 Å². The molecule has 2 N–H and O–H groups in total. The lowest BCUT2D eigenvalue weighted by molar-refractivity contribution is 0.492. The number of hydrogen-bond donors (Lipinski definition) is 1. The normalized spacial score (nSPS) is 12.5. The maximum Gasteiger partial charge on any atom is 0.162 e. The summed E-state index contributed by atoms with van der Waals surface area (Å²) in [5.41, 5.74) is 7.10. The maximum absolute atomic E-state index is 13.7. The zero-order valence-corrected chi connectivity index (χ0v) is 10.5. The number of benzene rings is 2. The second-order valence-electron chi connectivity index (χ2n) is 4.55. The van der Waals surface area contributed by atoms with E-state index in [1.807, 2.05) is 0 Å². The molecule has 0 aliphatic carbocycles. The minimum absolute atomic E-state index is 0.0452. The average Bonchev–Trinajstić information content (AvgIpc) is 2.34. The minimum atomic E-state index is -0.925. The summed E-state index contributed by atoms with van der Waals surface area (Å²) in [5, 5.41) is 0. The Balaban J connectivity index is 2.25. The fourth-order valence-electron chi connectivity index (χ4n) is 1.99. The van der Waals surface area contributed by atoms with Crippen LogP contribution in [0.15, 0.2) is 36.4 Å². The molecule has 0 heterocycles. The molecule has 2 aromatic rings. The van der Waals surface area contributed by atoms with Gasteiger partial charge in [0.05, 0.1) is 0 Å². The molecule has 0 aliphatic rings. The first kappa shape index (κ1) is 13.6. The molecule has 0 saturated heterocycles. The SMILES string of the molecule is Cc1ccc(C(N)Cc2cccc(F)c2F)c(F)c1. The van der Waals surface area contributed by atoms with Gasteiger partial charge in [0.1, 0.15) is 5.82 Å². The Morgan fingerprint density at radius 1 is 1.05 bits per heavy atom. The summed E-state index contributed by atoms with van der Waals surface area (Å²) < 4.78 is 40.3. The molecule has 0 spiro atoms. The van der Waals surface area contributed by atoms with Gasteiger partial charge in [-0.15, -0.1) is 0 Å². The van der Waals surface area contributed by atoms with Gasteiger partial charge in [-0.05, 0) is 36.6 Å². The zero-order valence-electron chi connectivity index (χ0n) is 10.5. The zero-order chi connectivity index (χ0) is 14.0. The van der Waals surface area contributed by atoms with E-state index in [-0.39, 0.29) is 12.0 Å². The van der Waals surface area contributed by atoms with Gasteiger partial charge in [-0.2, -0.15) is 0 Å². The van der Waals surface area contributed by atoms with Crippen molar-refractivity contribution >= 4 is 0 Å². The third-order valence-corrected chi connectivity index (χ3v) is 3.03. The molecule has 19 heavy (non-hydrogen) atoms. The molecule has 1 unspecified atom stereocenters. The van der Waals surface area contributed by atoms with Crippen molar-refractivity contribution in [1.29, 1.82) is 0 Å². The van der Waals surface area contributed by atoms with E-state index in [2.05, 4.69) is 0 Å². The fraction of sp³-hybridized carbons (Fsp3) is 0.200. The highest BCUT2D eigenvalue weighted by Gasteiger charge is 2.15. The van der Waals surface area contributed by atoms with Crippen LogP contribution in [0, 0.1) is 24.4 Å². The van der Waals surface area contributed by atoms with Crippen LogP contribution in [0.25, 0.3) is 0 Å². The van der Waals surface area contributed by atoms with E-state index >= 15 is 0 Å². The van der Waals surface area contributed by atoms with Gasteiger partial charge >= 0.3 is 0 Å². The highest BCUT2D eigenvalue weighted by Crippen LogP contribution is 2.22. The molecule has 0 amide bonds. The van der Waals surface area contributed by atoms with Gasteiger partial charge in [-0.25, -0.2) is 13.2 Å². The summed E-state index contributed by atoms with van der Waals surface area (Å²) in [6.07, 6.45) is 0.0452. The highest BCUT2D eigenvalue weighted by molar-refractivity contribution is 5.28. The predicted molar refractivity (Wildman–Crippen MR) is 68.1 cm³/mol. The second kappa shape index (κ2) is 5.45. The van der Waals surface area contributed by atoms with E-state index in [1.54, 1.807) is 19.1 Å². The van der Waals surface area contributed by atoms with E-state index in [9.17, 15) is 13.2 Å². The van der Waals surface area contributed by atoms with Gasteiger partial charge in [0.25, 0.3) is 0 Å². The number of hydrogen-bond acceptors (Lipinski definition) is 1. The molecule has 1 nitrogen and oxygen atoms in total. The van der Waals surface area contributed by atoms with Gasteiger partial charge in [-0.3, -0.25) is 0 Å². The van der Waals surface area contributed by atoms with Gasteiger partial charge in [0.2, 0.25) is 0 Å². The minimum Gasteiger partial charge on any atom is -0.324 e. The van der Waals surface area contributed by atoms with Crippen LogP contribution in [0.5, 0.6) is 0 Å². The lowest BCUT2D eigenvalue weighted by Crippen LogP contribution is -2.16. The highest BCUT2D eigenvalue weighted by atomic mass is 19.2. The van der Waals surface area contributed by atoms with Crippen molar-refractivity contribution in [2.75, 3.05) is 0 Å². The second-order valence-corrected chi connectivity index (χ2v) is 4.55. The molecule has 100 valence electrons. The molecule has 2 aromatic carbocycles. The van der Waals surface area contributed by atoms with Crippen LogP contribution in [-0.4, -0.2) is 0 Å². The third kappa shape index (κ3) is 2.96. The quantitative estimate of drug-likeness (QED) is 0.900. The molecule has 4 heteroatoms. The molecule has 0 radical (unpaired) electrons. The summed E-state index contributed by atoms with van der Waals surface area (Å²) in [7, 11) is 0. The smallest absolute Gasteiger partial charge is 0.162 e. The first-order valence-electron chi connectivity index (χ1n) is 5.93. The van der Waals surface area contributed by atoms with Crippen molar-refractivity contribution in [3.05, 3.63) is 70.5 Å². The summed E-state index contributed by atoms with van der Waals surface area (Å²) in [6.45, 7) is 1.77. The van der Waals surface area contributed by atoms with Crippen LogP contribution in [-0.2, 0) is 6.42 Å². The fourth-order valence-corrected chi connectivity index (χ4v) is 1.99.